The van der Waals surface area contributed by atoms with Crippen molar-refractivity contribution in [3.63, 3.8) is 0 Å². The molecule has 2 aromatic rings. The van der Waals surface area contributed by atoms with E-state index in [4.69, 9.17) is 4.74 Å². The Labute approximate surface area is 192 Å². The number of rotatable bonds is 7. The minimum absolute atomic E-state index is 0.0846. The standard InChI is InChI=1S/C23H28N4O4S/c1-5-15(3)31-23(30)27-22(26-21(29)6-2)25-20-14-18(12-13-19(20)24-16(4)28)32-17-10-8-7-9-11-17/h7-15H,5-6H2,1-4H3,(H,24,28)(H2,25,26,27,29,30). The first-order valence-corrected chi connectivity index (χ1v) is 11.1. The highest BCUT2D eigenvalue weighted by molar-refractivity contribution is 7.99. The van der Waals surface area contributed by atoms with E-state index >= 15 is 0 Å². The van der Waals surface area contributed by atoms with Crippen LogP contribution in [-0.4, -0.2) is 30.0 Å². The van der Waals surface area contributed by atoms with Crippen LogP contribution in [0.15, 0.2) is 63.3 Å². The van der Waals surface area contributed by atoms with Gasteiger partial charge in [0.25, 0.3) is 0 Å². The van der Waals surface area contributed by atoms with E-state index in [0.717, 1.165) is 9.79 Å². The second-order valence-corrected chi connectivity index (χ2v) is 8.03. The van der Waals surface area contributed by atoms with Gasteiger partial charge in [-0.1, -0.05) is 43.8 Å². The molecular formula is C23H28N4O4S. The predicted molar refractivity (Wildman–Crippen MR) is 126 cm³/mol. The summed E-state index contributed by atoms with van der Waals surface area (Å²) in [6.07, 6.45) is -0.181. The van der Waals surface area contributed by atoms with Gasteiger partial charge in [-0.25, -0.2) is 9.79 Å². The summed E-state index contributed by atoms with van der Waals surface area (Å²) in [4.78, 5) is 42.2. The van der Waals surface area contributed by atoms with Gasteiger partial charge in [-0.2, -0.15) is 0 Å². The molecule has 2 aromatic carbocycles. The number of amides is 3. The van der Waals surface area contributed by atoms with Crippen LogP contribution in [0.1, 0.15) is 40.5 Å². The molecule has 170 valence electrons. The maximum absolute atomic E-state index is 12.2. The van der Waals surface area contributed by atoms with E-state index in [1.54, 1.807) is 26.0 Å². The van der Waals surface area contributed by atoms with Gasteiger partial charge in [0.2, 0.25) is 17.8 Å². The van der Waals surface area contributed by atoms with Crippen LogP contribution in [0.4, 0.5) is 16.2 Å². The summed E-state index contributed by atoms with van der Waals surface area (Å²) >= 11 is 1.52. The van der Waals surface area contributed by atoms with Gasteiger partial charge in [0.05, 0.1) is 11.4 Å². The van der Waals surface area contributed by atoms with Crippen LogP contribution in [0.2, 0.25) is 0 Å². The molecule has 3 N–H and O–H groups in total. The van der Waals surface area contributed by atoms with Gasteiger partial charge in [0, 0.05) is 23.1 Å². The second kappa shape index (κ2) is 12.5. The summed E-state index contributed by atoms with van der Waals surface area (Å²) in [5.74, 6) is -0.685. The Bertz CT molecular complexity index is 979. The second-order valence-electron chi connectivity index (χ2n) is 6.89. The quantitative estimate of drug-likeness (QED) is 0.408. The number of carbonyl (C=O) groups excluding carboxylic acids is 3. The number of carbonyl (C=O) groups is 3. The number of hydrogen-bond acceptors (Lipinski definition) is 6. The molecule has 8 nitrogen and oxygen atoms in total. The molecule has 3 amide bonds. The summed E-state index contributed by atoms with van der Waals surface area (Å²) in [5, 5.41) is 7.77. The van der Waals surface area contributed by atoms with Crippen LogP contribution in [0.25, 0.3) is 0 Å². The molecule has 0 heterocycles. The predicted octanol–water partition coefficient (Wildman–Crippen LogP) is 4.83. The van der Waals surface area contributed by atoms with Crippen LogP contribution in [0.5, 0.6) is 0 Å². The number of ether oxygens (including phenoxy) is 1. The smallest absolute Gasteiger partial charge is 0.414 e. The lowest BCUT2D eigenvalue weighted by Gasteiger charge is -2.15. The fourth-order valence-corrected chi connectivity index (χ4v) is 3.28. The lowest BCUT2D eigenvalue weighted by molar-refractivity contribution is -0.119. The Morgan fingerprint density at radius 3 is 2.38 bits per heavy atom. The molecule has 1 unspecified atom stereocenters. The number of hydrogen-bond donors (Lipinski definition) is 3. The minimum Gasteiger partial charge on any atom is -0.446 e. The highest BCUT2D eigenvalue weighted by Gasteiger charge is 2.14. The molecule has 0 saturated heterocycles. The number of benzene rings is 2. The summed E-state index contributed by atoms with van der Waals surface area (Å²) < 4.78 is 5.22. The van der Waals surface area contributed by atoms with Crippen molar-refractivity contribution in [2.24, 2.45) is 4.99 Å². The molecule has 1 atom stereocenters. The van der Waals surface area contributed by atoms with Crippen LogP contribution >= 0.6 is 11.8 Å². The Morgan fingerprint density at radius 2 is 1.75 bits per heavy atom. The Kier molecular flexibility index (Phi) is 9.75. The van der Waals surface area contributed by atoms with Gasteiger partial charge in [-0.05, 0) is 43.7 Å². The molecule has 2 rings (SSSR count). The SMILES string of the molecule is CCC(=O)NC(=Nc1cc(Sc2ccccc2)ccc1NC(C)=O)NC(=O)OC(C)CC. The Hall–Kier alpha value is -3.33. The zero-order chi connectivity index (χ0) is 23.5. The van der Waals surface area contributed by atoms with Gasteiger partial charge >= 0.3 is 6.09 Å². The molecule has 0 aliphatic carbocycles. The molecule has 0 aliphatic heterocycles. The van der Waals surface area contributed by atoms with E-state index in [9.17, 15) is 14.4 Å². The number of guanidine groups is 1. The van der Waals surface area contributed by atoms with E-state index in [2.05, 4.69) is 20.9 Å². The van der Waals surface area contributed by atoms with Crippen molar-refractivity contribution in [3.8, 4) is 0 Å². The molecule has 0 bridgehead atoms. The van der Waals surface area contributed by atoms with Crippen molar-refractivity contribution < 1.29 is 19.1 Å². The van der Waals surface area contributed by atoms with Crippen LogP contribution in [-0.2, 0) is 14.3 Å². The van der Waals surface area contributed by atoms with Crippen LogP contribution in [0, 0.1) is 0 Å². The van der Waals surface area contributed by atoms with Crippen molar-refractivity contribution in [3.05, 3.63) is 48.5 Å². The van der Waals surface area contributed by atoms with Gasteiger partial charge in [0.1, 0.15) is 6.10 Å². The third-order valence-corrected chi connectivity index (χ3v) is 5.17. The molecule has 32 heavy (non-hydrogen) atoms. The Balaban J connectivity index is 2.40. The molecule has 0 radical (unpaired) electrons. The first-order valence-electron chi connectivity index (χ1n) is 10.3. The Morgan fingerprint density at radius 1 is 1.03 bits per heavy atom. The number of nitrogens with zero attached hydrogens (tertiary/aromatic N) is 1. The molecule has 0 saturated carbocycles. The lowest BCUT2D eigenvalue weighted by Crippen LogP contribution is -2.44. The van der Waals surface area contributed by atoms with Crippen LogP contribution in [0.3, 0.4) is 0 Å². The molecule has 0 aliphatic rings. The highest BCUT2D eigenvalue weighted by atomic mass is 32.2. The zero-order valence-electron chi connectivity index (χ0n) is 18.6. The largest absolute Gasteiger partial charge is 0.446 e. The summed E-state index contributed by atoms with van der Waals surface area (Å²) in [6.45, 7) is 6.73. The third-order valence-electron chi connectivity index (χ3n) is 4.17. The normalized spacial score (nSPS) is 11.9. The van der Waals surface area contributed by atoms with E-state index in [0.29, 0.717) is 17.8 Å². The topological polar surface area (TPSA) is 109 Å². The van der Waals surface area contributed by atoms with Crippen molar-refractivity contribution in [2.45, 2.75) is 56.4 Å². The first-order chi connectivity index (χ1) is 15.3. The summed E-state index contributed by atoms with van der Waals surface area (Å²) in [6, 6.07) is 15.1. The van der Waals surface area contributed by atoms with Crippen molar-refractivity contribution in [1.29, 1.82) is 0 Å². The van der Waals surface area contributed by atoms with Crippen LogP contribution < -0.4 is 16.0 Å². The van der Waals surface area contributed by atoms with Crippen molar-refractivity contribution in [1.82, 2.24) is 10.6 Å². The average Bonchev–Trinajstić information content (AvgIpc) is 2.75. The molecule has 0 spiro atoms. The van der Waals surface area contributed by atoms with E-state index in [1.165, 1.54) is 18.7 Å². The number of alkyl carbamates (subject to hydrolysis) is 1. The maximum Gasteiger partial charge on any atom is 0.414 e. The zero-order valence-corrected chi connectivity index (χ0v) is 19.4. The fraction of sp³-hybridized carbons (Fsp3) is 0.304. The molecule has 0 fully saturated rings. The molecular weight excluding hydrogens is 428 g/mol. The molecule has 0 aromatic heterocycles. The third kappa shape index (κ3) is 8.43. The average molecular weight is 457 g/mol. The summed E-state index contributed by atoms with van der Waals surface area (Å²) in [7, 11) is 0. The maximum atomic E-state index is 12.2. The van der Waals surface area contributed by atoms with Gasteiger partial charge < -0.3 is 10.1 Å². The number of anilines is 1. The van der Waals surface area contributed by atoms with Crippen molar-refractivity contribution in [2.75, 3.05) is 5.32 Å². The van der Waals surface area contributed by atoms with Gasteiger partial charge in [-0.15, -0.1) is 0 Å². The van der Waals surface area contributed by atoms with E-state index in [-0.39, 0.29) is 30.3 Å². The molecule has 9 heteroatoms. The lowest BCUT2D eigenvalue weighted by atomic mass is 10.2. The van der Waals surface area contributed by atoms with Gasteiger partial charge in [0.15, 0.2) is 0 Å². The van der Waals surface area contributed by atoms with E-state index < -0.39 is 6.09 Å². The highest BCUT2D eigenvalue weighted by Crippen LogP contribution is 2.34. The minimum atomic E-state index is -0.731. The van der Waals surface area contributed by atoms with E-state index in [1.807, 2.05) is 43.3 Å². The monoisotopic (exact) mass is 456 g/mol. The van der Waals surface area contributed by atoms with Crippen molar-refractivity contribution >= 4 is 47.0 Å². The fourth-order valence-electron chi connectivity index (χ4n) is 2.41. The first kappa shape index (κ1) is 24.9. The van der Waals surface area contributed by atoms with Gasteiger partial charge in [-0.3, -0.25) is 20.2 Å². The summed E-state index contributed by atoms with van der Waals surface area (Å²) in [5.41, 5.74) is 0.812. The number of nitrogens with one attached hydrogen (secondary N) is 3. The number of aliphatic imine (C=N–C) groups is 1.